The number of phenolic OH excluding ortho intramolecular Hbond substituents is 1. The summed E-state index contributed by atoms with van der Waals surface area (Å²) in [6.45, 7) is 1.51. The van der Waals surface area contributed by atoms with Crippen LogP contribution in [0.15, 0.2) is 73.1 Å². The molecular weight excluding hydrogens is 410 g/mol. The van der Waals surface area contributed by atoms with Gasteiger partial charge in [0.25, 0.3) is 0 Å². The molecule has 0 spiro atoms. The number of aromatic nitrogens is 2. The average Bonchev–Trinajstić information content (AvgIpc) is 3.22. The molecule has 4 aromatic rings. The Kier molecular flexibility index (Phi) is 6.26. The van der Waals surface area contributed by atoms with Crippen LogP contribution < -0.4 is 4.74 Å². The van der Waals surface area contributed by atoms with Crippen molar-refractivity contribution in [1.82, 2.24) is 14.9 Å². The molecule has 2 heterocycles. The number of nitrogens with one attached hydrogen (secondary N) is 1. The summed E-state index contributed by atoms with van der Waals surface area (Å²) in [7, 11) is 4.05. The van der Waals surface area contributed by atoms with E-state index in [1.54, 1.807) is 24.5 Å². The van der Waals surface area contributed by atoms with E-state index in [9.17, 15) is 5.11 Å². The first-order chi connectivity index (χ1) is 15.0. The summed E-state index contributed by atoms with van der Waals surface area (Å²) in [5, 5.41) is 10.4. The van der Waals surface area contributed by atoms with Gasteiger partial charge in [-0.2, -0.15) is 0 Å². The van der Waals surface area contributed by atoms with E-state index in [0.717, 1.165) is 45.9 Å². The molecule has 2 aromatic carbocycles. The van der Waals surface area contributed by atoms with Crippen LogP contribution in [0.2, 0.25) is 5.02 Å². The van der Waals surface area contributed by atoms with Gasteiger partial charge in [0.15, 0.2) is 0 Å². The van der Waals surface area contributed by atoms with Crippen LogP contribution in [0.4, 0.5) is 0 Å². The number of phenols is 1. The molecule has 0 atom stereocenters. The van der Waals surface area contributed by atoms with E-state index in [1.165, 1.54) is 0 Å². The second-order valence-electron chi connectivity index (χ2n) is 7.55. The Morgan fingerprint density at radius 2 is 1.65 bits per heavy atom. The van der Waals surface area contributed by atoms with Crippen molar-refractivity contribution in [2.75, 3.05) is 27.2 Å². The fourth-order valence-electron chi connectivity index (χ4n) is 3.34. The van der Waals surface area contributed by atoms with Crippen molar-refractivity contribution >= 4 is 11.6 Å². The van der Waals surface area contributed by atoms with Crippen LogP contribution in [0.25, 0.3) is 33.6 Å². The number of nitrogens with zero attached hydrogens (tertiary/aromatic N) is 2. The zero-order chi connectivity index (χ0) is 21.8. The van der Waals surface area contributed by atoms with Crippen molar-refractivity contribution < 1.29 is 9.84 Å². The average molecular weight is 434 g/mol. The molecule has 158 valence electrons. The maximum Gasteiger partial charge on any atom is 0.134 e. The van der Waals surface area contributed by atoms with Crippen molar-refractivity contribution in [3.63, 3.8) is 0 Å². The van der Waals surface area contributed by atoms with E-state index in [0.29, 0.717) is 11.6 Å². The Morgan fingerprint density at radius 3 is 2.32 bits per heavy atom. The molecule has 0 fully saturated rings. The predicted octanol–water partition coefficient (Wildman–Crippen LogP) is 5.71. The summed E-state index contributed by atoms with van der Waals surface area (Å²) in [4.78, 5) is 9.74. The van der Waals surface area contributed by atoms with Crippen molar-refractivity contribution in [2.45, 2.75) is 0 Å². The number of hydrogen-bond donors (Lipinski definition) is 2. The topological polar surface area (TPSA) is 61.4 Å². The predicted molar refractivity (Wildman–Crippen MR) is 126 cm³/mol. The lowest BCUT2D eigenvalue weighted by Gasteiger charge is -2.11. The number of rotatable bonds is 7. The Morgan fingerprint density at radius 1 is 0.935 bits per heavy atom. The number of halogens is 1. The van der Waals surface area contributed by atoms with Crippen LogP contribution in [0.3, 0.4) is 0 Å². The largest absolute Gasteiger partial charge is 0.506 e. The van der Waals surface area contributed by atoms with Crippen LogP contribution in [0.1, 0.15) is 0 Å². The van der Waals surface area contributed by atoms with E-state index in [4.69, 9.17) is 16.3 Å². The van der Waals surface area contributed by atoms with Crippen molar-refractivity contribution in [1.29, 1.82) is 0 Å². The summed E-state index contributed by atoms with van der Waals surface area (Å²) in [6, 6.07) is 19.3. The summed E-state index contributed by atoms with van der Waals surface area (Å²) in [5.41, 5.74) is 5.81. The number of hydrogen-bond acceptors (Lipinski definition) is 4. The molecule has 0 unspecified atom stereocenters. The van der Waals surface area contributed by atoms with Gasteiger partial charge in [-0.1, -0.05) is 17.7 Å². The summed E-state index contributed by atoms with van der Waals surface area (Å²) >= 11 is 6.01. The Labute approximate surface area is 186 Å². The standard InChI is InChI=1S/C25H24ClN3O2/c1-29(2)13-14-31-20-6-3-17(4-7-20)23-16-21(19-5-8-22(26)24(30)15-19)25(28-23)18-9-11-27-12-10-18/h3-12,15-16,28,30H,13-14H2,1-2H3. The maximum absolute atomic E-state index is 10.1. The summed E-state index contributed by atoms with van der Waals surface area (Å²) in [6.07, 6.45) is 3.53. The highest BCUT2D eigenvalue weighted by atomic mass is 35.5. The SMILES string of the molecule is CN(C)CCOc1ccc(-c2cc(-c3ccc(Cl)c(O)c3)c(-c3ccncc3)[nH]2)cc1. The number of H-pyrrole nitrogens is 1. The lowest BCUT2D eigenvalue weighted by Crippen LogP contribution is -2.19. The van der Waals surface area contributed by atoms with Gasteiger partial charge in [0, 0.05) is 35.8 Å². The van der Waals surface area contributed by atoms with Gasteiger partial charge >= 0.3 is 0 Å². The first-order valence-electron chi connectivity index (χ1n) is 10.0. The number of ether oxygens (including phenoxy) is 1. The molecule has 0 saturated carbocycles. The molecule has 0 saturated heterocycles. The lowest BCUT2D eigenvalue weighted by molar-refractivity contribution is 0.261. The number of aromatic amines is 1. The Bertz CT molecular complexity index is 1160. The number of pyridine rings is 1. The van der Waals surface area contributed by atoms with Gasteiger partial charge in [-0.15, -0.1) is 0 Å². The fraction of sp³-hybridized carbons (Fsp3) is 0.160. The van der Waals surface area contributed by atoms with Crippen LogP contribution in [0, 0.1) is 0 Å². The van der Waals surface area contributed by atoms with E-state index < -0.39 is 0 Å². The molecule has 2 aromatic heterocycles. The van der Waals surface area contributed by atoms with Crippen LogP contribution >= 0.6 is 11.6 Å². The molecule has 0 bridgehead atoms. The third-order valence-electron chi connectivity index (χ3n) is 5.02. The van der Waals surface area contributed by atoms with Gasteiger partial charge in [0.05, 0.1) is 10.7 Å². The second-order valence-corrected chi connectivity index (χ2v) is 7.96. The Balaban J connectivity index is 1.69. The van der Waals surface area contributed by atoms with Gasteiger partial charge in [-0.05, 0) is 79.8 Å². The van der Waals surface area contributed by atoms with Gasteiger partial charge in [0.1, 0.15) is 18.1 Å². The molecule has 0 aliphatic carbocycles. The highest BCUT2D eigenvalue weighted by Crippen LogP contribution is 2.38. The van der Waals surface area contributed by atoms with Gasteiger partial charge in [0.2, 0.25) is 0 Å². The minimum atomic E-state index is 0.0572. The second kappa shape index (κ2) is 9.25. The third kappa shape index (κ3) is 4.90. The van der Waals surface area contributed by atoms with Crippen LogP contribution in [0.5, 0.6) is 11.5 Å². The molecule has 6 heteroatoms. The molecule has 0 aliphatic rings. The minimum Gasteiger partial charge on any atom is -0.506 e. The van der Waals surface area contributed by atoms with Crippen molar-refractivity contribution in [3.05, 3.63) is 78.1 Å². The third-order valence-corrected chi connectivity index (χ3v) is 5.34. The zero-order valence-corrected chi connectivity index (χ0v) is 18.2. The highest BCUT2D eigenvalue weighted by Gasteiger charge is 2.15. The summed E-state index contributed by atoms with van der Waals surface area (Å²) in [5.74, 6) is 0.899. The molecule has 4 rings (SSSR count). The smallest absolute Gasteiger partial charge is 0.134 e. The lowest BCUT2D eigenvalue weighted by atomic mass is 10.0. The molecule has 0 aliphatic heterocycles. The van der Waals surface area contributed by atoms with Crippen LogP contribution in [-0.2, 0) is 0 Å². The monoisotopic (exact) mass is 433 g/mol. The zero-order valence-electron chi connectivity index (χ0n) is 17.5. The Hall–Kier alpha value is -3.28. The van der Waals surface area contributed by atoms with E-state index in [1.807, 2.05) is 56.6 Å². The van der Waals surface area contributed by atoms with Crippen molar-refractivity contribution in [3.8, 4) is 45.1 Å². The quantitative estimate of drug-likeness (QED) is 0.392. The maximum atomic E-state index is 10.1. The normalized spacial score (nSPS) is 11.1. The van der Waals surface area contributed by atoms with Gasteiger partial charge in [-0.3, -0.25) is 4.98 Å². The number of aromatic hydroxyl groups is 1. The number of likely N-dealkylation sites (N-methyl/N-ethyl adjacent to an activating group) is 1. The molecule has 5 nitrogen and oxygen atoms in total. The molecular formula is C25H24ClN3O2. The molecule has 2 N–H and O–H groups in total. The number of benzene rings is 2. The van der Waals surface area contributed by atoms with Crippen molar-refractivity contribution in [2.24, 2.45) is 0 Å². The fourth-order valence-corrected chi connectivity index (χ4v) is 3.46. The molecule has 0 radical (unpaired) electrons. The van der Waals surface area contributed by atoms with E-state index >= 15 is 0 Å². The van der Waals surface area contributed by atoms with E-state index in [2.05, 4.69) is 20.9 Å². The minimum absolute atomic E-state index is 0.0572. The highest BCUT2D eigenvalue weighted by molar-refractivity contribution is 6.32. The van der Waals surface area contributed by atoms with Crippen LogP contribution in [-0.4, -0.2) is 47.2 Å². The van der Waals surface area contributed by atoms with Gasteiger partial charge in [-0.25, -0.2) is 0 Å². The first kappa shape index (κ1) is 21.0. The summed E-state index contributed by atoms with van der Waals surface area (Å²) < 4.78 is 5.80. The van der Waals surface area contributed by atoms with E-state index in [-0.39, 0.29) is 5.75 Å². The van der Waals surface area contributed by atoms with Gasteiger partial charge < -0.3 is 19.7 Å². The molecule has 31 heavy (non-hydrogen) atoms. The molecule has 0 amide bonds. The first-order valence-corrected chi connectivity index (χ1v) is 10.4.